The predicted octanol–water partition coefficient (Wildman–Crippen LogP) is 2.58. The highest BCUT2D eigenvalue weighted by molar-refractivity contribution is 5.70. The number of ether oxygens (including phenoxy) is 2. The Morgan fingerprint density at radius 2 is 1.85 bits per heavy atom. The van der Waals surface area contributed by atoms with Crippen molar-refractivity contribution < 1.29 is 19.1 Å². The standard InChI is InChI=1S/C14H22N2O4/c1-14(2,3)15-13(17)20-16(4)11-8-7-10(18-5)9-12(11)19-6/h7-9H,1-6H3,(H,15,17). The maximum absolute atomic E-state index is 11.7. The van der Waals surface area contributed by atoms with Gasteiger partial charge in [0.1, 0.15) is 17.2 Å². The van der Waals surface area contributed by atoms with Gasteiger partial charge in [0, 0.05) is 18.7 Å². The van der Waals surface area contributed by atoms with Crippen LogP contribution in [0.1, 0.15) is 20.8 Å². The SMILES string of the molecule is COc1ccc(N(C)OC(=O)NC(C)(C)C)c(OC)c1. The van der Waals surface area contributed by atoms with E-state index >= 15 is 0 Å². The molecule has 1 amide bonds. The molecule has 0 unspecified atom stereocenters. The molecule has 6 nitrogen and oxygen atoms in total. The summed E-state index contributed by atoms with van der Waals surface area (Å²) in [7, 11) is 4.75. The first-order chi connectivity index (χ1) is 9.26. The molecule has 0 atom stereocenters. The Bertz CT molecular complexity index is 469. The highest BCUT2D eigenvalue weighted by Crippen LogP contribution is 2.31. The van der Waals surface area contributed by atoms with E-state index < -0.39 is 6.09 Å². The Morgan fingerprint density at radius 1 is 1.20 bits per heavy atom. The highest BCUT2D eigenvalue weighted by atomic mass is 16.7. The normalized spacial score (nSPS) is 10.7. The number of carbonyl (C=O) groups excluding carboxylic acids is 1. The zero-order valence-corrected chi connectivity index (χ0v) is 12.8. The molecule has 0 heterocycles. The number of benzene rings is 1. The van der Waals surface area contributed by atoms with Crippen LogP contribution in [0.4, 0.5) is 10.5 Å². The number of carbonyl (C=O) groups is 1. The van der Waals surface area contributed by atoms with Crippen molar-refractivity contribution in [1.29, 1.82) is 0 Å². The molecule has 0 aliphatic carbocycles. The number of amides is 1. The molecule has 0 spiro atoms. The average molecular weight is 282 g/mol. The highest BCUT2D eigenvalue weighted by Gasteiger charge is 2.18. The van der Waals surface area contributed by atoms with E-state index in [9.17, 15) is 4.79 Å². The molecular formula is C14H22N2O4. The van der Waals surface area contributed by atoms with E-state index in [4.69, 9.17) is 14.3 Å². The quantitative estimate of drug-likeness (QED) is 0.860. The van der Waals surface area contributed by atoms with Gasteiger partial charge in [0.05, 0.1) is 14.2 Å². The third kappa shape index (κ3) is 4.53. The second kappa shape index (κ2) is 6.36. The van der Waals surface area contributed by atoms with Gasteiger partial charge in [0.2, 0.25) is 0 Å². The molecule has 1 N–H and O–H groups in total. The molecule has 1 aromatic rings. The first kappa shape index (κ1) is 15.9. The van der Waals surface area contributed by atoms with Crippen LogP contribution in [0.2, 0.25) is 0 Å². The summed E-state index contributed by atoms with van der Waals surface area (Å²) in [4.78, 5) is 16.9. The second-order valence-electron chi connectivity index (χ2n) is 5.29. The molecule has 0 radical (unpaired) electrons. The molecule has 0 saturated heterocycles. The summed E-state index contributed by atoms with van der Waals surface area (Å²) in [5, 5.41) is 4.06. The van der Waals surface area contributed by atoms with Crippen molar-refractivity contribution in [1.82, 2.24) is 5.32 Å². The summed E-state index contributed by atoms with van der Waals surface area (Å²) in [6, 6.07) is 5.23. The lowest BCUT2D eigenvalue weighted by molar-refractivity contribution is 0.131. The molecule has 1 aromatic carbocycles. The number of hydrogen-bond donors (Lipinski definition) is 1. The van der Waals surface area contributed by atoms with E-state index in [0.29, 0.717) is 17.2 Å². The molecule has 1 rings (SSSR count). The first-order valence-corrected chi connectivity index (χ1v) is 6.22. The minimum atomic E-state index is -0.530. The Hall–Kier alpha value is -2.11. The molecule has 0 aromatic heterocycles. The van der Waals surface area contributed by atoms with Crippen LogP contribution in [0.5, 0.6) is 11.5 Å². The van der Waals surface area contributed by atoms with Gasteiger partial charge in [0.25, 0.3) is 0 Å². The molecule has 0 fully saturated rings. The van der Waals surface area contributed by atoms with Crippen molar-refractivity contribution in [2.45, 2.75) is 26.3 Å². The molecule has 6 heteroatoms. The largest absolute Gasteiger partial charge is 0.497 e. The fourth-order valence-electron chi connectivity index (χ4n) is 1.55. The minimum absolute atomic E-state index is 0.359. The first-order valence-electron chi connectivity index (χ1n) is 6.22. The summed E-state index contributed by atoms with van der Waals surface area (Å²) in [6.45, 7) is 5.63. The minimum Gasteiger partial charge on any atom is -0.497 e. The lowest BCUT2D eigenvalue weighted by Crippen LogP contribution is -2.43. The summed E-state index contributed by atoms with van der Waals surface area (Å²) < 4.78 is 10.4. The lowest BCUT2D eigenvalue weighted by Gasteiger charge is -2.24. The Balaban J connectivity index is 2.81. The van der Waals surface area contributed by atoms with Gasteiger partial charge in [-0.05, 0) is 32.9 Å². The van der Waals surface area contributed by atoms with Gasteiger partial charge in [-0.25, -0.2) is 9.86 Å². The van der Waals surface area contributed by atoms with Gasteiger partial charge < -0.3 is 19.6 Å². The van der Waals surface area contributed by atoms with E-state index in [0.717, 1.165) is 0 Å². The number of nitrogens with one attached hydrogen (secondary N) is 1. The Morgan fingerprint density at radius 3 is 2.35 bits per heavy atom. The van der Waals surface area contributed by atoms with Crippen molar-refractivity contribution in [2.75, 3.05) is 26.3 Å². The molecule has 20 heavy (non-hydrogen) atoms. The predicted molar refractivity (Wildman–Crippen MR) is 77.3 cm³/mol. The number of hydroxylamine groups is 1. The third-order valence-electron chi connectivity index (χ3n) is 2.42. The van der Waals surface area contributed by atoms with Gasteiger partial charge in [0.15, 0.2) is 0 Å². The van der Waals surface area contributed by atoms with E-state index in [-0.39, 0.29) is 5.54 Å². The van der Waals surface area contributed by atoms with Gasteiger partial charge in [-0.2, -0.15) is 0 Å². The van der Waals surface area contributed by atoms with E-state index in [2.05, 4.69) is 5.32 Å². The number of methoxy groups -OCH3 is 2. The van der Waals surface area contributed by atoms with Gasteiger partial charge in [-0.3, -0.25) is 0 Å². The number of rotatable bonds is 4. The van der Waals surface area contributed by atoms with Gasteiger partial charge in [-0.15, -0.1) is 0 Å². The maximum atomic E-state index is 11.7. The zero-order chi connectivity index (χ0) is 15.3. The summed E-state index contributed by atoms with van der Waals surface area (Å²) >= 11 is 0. The van der Waals surface area contributed by atoms with Crippen molar-refractivity contribution in [3.63, 3.8) is 0 Å². The topological polar surface area (TPSA) is 60.0 Å². The number of hydrogen-bond acceptors (Lipinski definition) is 5. The lowest BCUT2D eigenvalue weighted by atomic mass is 10.1. The van der Waals surface area contributed by atoms with Crippen molar-refractivity contribution in [3.8, 4) is 11.5 Å². The van der Waals surface area contributed by atoms with E-state index in [1.165, 1.54) is 5.06 Å². The zero-order valence-electron chi connectivity index (χ0n) is 12.8. The van der Waals surface area contributed by atoms with Crippen LogP contribution >= 0.6 is 0 Å². The van der Waals surface area contributed by atoms with Crippen molar-refractivity contribution in [2.24, 2.45) is 0 Å². The van der Waals surface area contributed by atoms with Crippen LogP contribution in [0.15, 0.2) is 18.2 Å². The summed E-state index contributed by atoms with van der Waals surface area (Å²) in [5.41, 5.74) is 0.263. The van der Waals surface area contributed by atoms with Crippen LogP contribution in [0, 0.1) is 0 Å². The molecule has 0 aliphatic rings. The van der Waals surface area contributed by atoms with E-state index in [1.54, 1.807) is 39.5 Å². The summed E-state index contributed by atoms with van der Waals surface area (Å²) in [6.07, 6.45) is -0.530. The van der Waals surface area contributed by atoms with Crippen LogP contribution in [-0.2, 0) is 4.84 Å². The monoisotopic (exact) mass is 282 g/mol. The molecular weight excluding hydrogens is 260 g/mol. The number of anilines is 1. The van der Waals surface area contributed by atoms with Crippen molar-refractivity contribution in [3.05, 3.63) is 18.2 Å². The fourth-order valence-corrected chi connectivity index (χ4v) is 1.55. The van der Waals surface area contributed by atoms with Gasteiger partial charge in [-0.1, -0.05) is 0 Å². The molecule has 0 saturated carbocycles. The Labute approximate surface area is 119 Å². The third-order valence-corrected chi connectivity index (χ3v) is 2.42. The second-order valence-corrected chi connectivity index (χ2v) is 5.29. The average Bonchev–Trinajstić information content (AvgIpc) is 2.35. The smallest absolute Gasteiger partial charge is 0.432 e. The molecule has 0 bridgehead atoms. The number of nitrogens with zero attached hydrogens (tertiary/aromatic N) is 1. The summed E-state index contributed by atoms with van der Waals surface area (Å²) in [5.74, 6) is 1.22. The molecule has 112 valence electrons. The van der Waals surface area contributed by atoms with E-state index in [1.807, 2.05) is 20.8 Å². The van der Waals surface area contributed by atoms with Gasteiger partial charge >= 0.3 is 6.09 Å². The molecule has 0 aliphatic heterocycles. The van der Waals surface area contributed by atoms with Crippen molar-refractivity contribution >= 4 is 11.8 Å². The van der Waals surface area contributed by atoms with Crippen LogP contribution in [-0.4, -0.2) is 32.9 Å². The maximum Gasteiger partial charge on any atom is 0.432 e. The van der Waals surface area contributed by atoms with Crippen LogP contribution < -0.4 is 19.9 Å². The van der Waals surface area contributed by atoms with Crippen LogP contribution in [0.25, 0.3) is 0 Å². The van der Waals surface area contributed by atoms with Crippen LogP contribution in [0.3, 0.4) is 0 Å². The Kier molecular flexibility index (Phi) is 5.07. The fraction of sp³-hybridized carbons (Fsp3) is 0.500.